The second kappa shape index (κ2) is 5.24. The zero-order valence-corrected chi connectivity index (χ0v) is 13.1. The van der Waals surface area contributed by atoms with Crippen molar-refractivity contribution in [1.82, 2.24) is 20.2 Å². The van der Waals surface area contributed by atoms with Gasteiger partial charge in [0.1, 0.15) is 0 Å². The lowest BCUT2D eigenvalue weighted by Gasteiger charge is -2.33. The highest BCUT2D eigenvalue weighted by molar-refractivity contribution is 7.22. The Kier molecular flexibility index (Phi) is 3.22. The van der Waals surface area contributed by atoms with E-state index in [0.717, 1.165) is 36.5 Å². The molecular formula is C15H17N5OS. The topological polar surface area (TPSA) is 77.7 Å². The molecule has 1 atom stereocenters. The van der Waals surface area contributed by atoms with E-state index in [1.807, 2.05) is 0 Å². The van der Waals surface area contributed by atoms with Crippen molar-refractivity contribution in [3.63, 3.8) is 0 Å². The summed E-state index contributed by atoms with van der Waals surface area (Å²) >= 11 is 1.71. The summed E-state index contributed by atoms with van der Waals surface area (Å²) in [6.45, 7) is 3.03. The molecule has 1 unspecified atom stereocenters. The lowest BCUT2D eigenvalue weighted by Crippen LogP contribution is -2.34. The summed E-state index contributed by atoms with van der Waals surface area (Å²) in [5.41, 5.74) is 2.02. The van der Waals surface area contributed by atoms with E-state index < -0.39 is 0 Å². The fourth-order valence-electron chi connectivity index (χ4n) is 3.08. The number of rotatable bonds is 2. The molecular weight excluding hydrogens is 298 g/mol. The van der Waals surface area contributed by atoms with Gasteiger partial charge in [0.15, 0.2) is 11.0 Å². The van der Waals surface area contributed by atoms with Crippen molar-refractivity contribution in [3.05, 3.63) is 40.1 Å². The molecule has 22 heavy (non-hydrogen) atoms. The maximum Gasteiger partial charge on any atom is 0.340 e. The quantitative estimate of drug-likeness (QED) is 0.762. The van der Waals surface area contributed by atoms with Crippen molar-refractivity contribution < 1.29 is 0 Å². The summed E-state index contributed by atoms with van der Waals surface area (Å²) in [7, 11) is 0. The van der Waals surface area contributed by atoms with E-state index in [0.29, 0.717) is 5.82 Å². The number of nitrogens with one attached hydrogen (secondary N) is 2. The van der Waals surface area contributed by atoms with Gasteiger partial charge in [-0.1, -0.05) is 23.5 Å². The Morgan fingerprint density at radius 3 is 3.05 bits per heavy atom. The molecule has 1 aromatic carbocycles. The number of nitrogens with zero attached hydrogens (tertiary/aromatic N) is 3. The van der Waals surface area contributed by atoms with Crippen molar-refractivity contribution in [2.75, 3.05) is 11.4 Å². The van der Waals surface area contributed by atoms with Gasteiger partial charge in [0, 0.05) is 6.54 Å². The van der Waals surface area contributed by atoms with Crippen molar-refractivity contribution in [1.29, 1.82) is 0 Å². The van der Waals surface area contributed by atoms with E-state index in [2.05, 4.69) is 45.2 Å². The van der Waals surface area contributed by atoms with Gasteiger partial charge in [-0.15, -0.1) is 0 Å². The van der Waals surface area contributed by atoms with Crippen LogP contribution in [0.15, 0.2) is 23.0 Å². The molecule has 0 radical (unpaired) electrons. The van der Waals surface area contributed by atoms with Crippen LogP contribution in [-0.2, 0) is 0 Å². The van der Waals surface area contributed by atoms with Crippen LogP contribution in [0, 0.1) is 6.92 Å². The summed E-state index contributed by atoms with van der Waals surface area (Å²) in [6, 6.07) is 6.36. The summed E-state index contributed by atoms with van der Waals surface area (Å²) in [5.74, 6) is 0.709. The Morgan fingerprint density at radius 1 is 1.36 bits per heavy atom. The average molecular weight is 315 g/mol. The molecule has 3 aromatic rings. The van der Waals surface area contributed by atoms with Gasteiger partial charge in [0.05, 0.1) is 16.3 Å². The van der Waals surface area contributed by atoms with Crippen molar-refractivity contribution in [3.8, 4) is 0 Å². The first-order valence-electron chi connectivity index (χ1n) is 7.50. The summed E-state index contributed by atoms with van der Waals surface area (Å²) in [6.07, 6.45) is 3.26. The number of aryl methyl sites for hydroxylation is 1. The van der Waals surface area contributed by atoms with Crippen molar-refractivity contribution in [2.45, 2.75) is 32.2 Å². The second-order valence-electron chi connectivity index (χ2n) is 5.69. The molecule has 1 aliphatic heterocycles. The van der Waals surface area contributed by atoms with E-state index >= 15 is 0 Å². The molecule has 6 nitrogen and oxygen atoms in total. The van der Waals surface area contributed by atoms with Gasteiger partial charge in [-0.2, -0.15) is 5.10 Å². The third-order valence-corrected chi connectivity index (χ3v) is 5.25. The van der Waals surface area contributed by atoms with E-state index in [4.69, 9.17) is 4.98 Å². The molecule has 3 heterocycles. The largest absolute Gasteiger partial charge is 0.340 e. The zero-order valence-electron chi connectivity index (χ0n) is 12.3. The van der Waals surface area contributed by atoms with Gasteiger partial charge >= 0.3 is 5.69 Å². The molecule has 0 amide bonds. The Balaban J connectivity index is 1.76. The van der Waals surface area contributed by atoms with Gasteiger partial charge in [-0.25, -0.2) is 14.9 Å². The highest BCUT2D eigenvalue weighted by atomic mass is 32.1. The molecule has 2 N–H and O–H groups in total. The lowest BCUT2D eigenvalue weighted by atomic mass is 10.0. The SMILES string of the molecule is Cc1cccc2sc(N3CCCCC3c3n[nH]c(=O)[nH]3)nc12. The number of hydrogen-bond acceptors (Lipinski definition) is 5. The van der Waals surface area contributed by atoms with E-state index in [1.165, 1.54) is 10.3 Å². The molecule has 1 aliphatic rings. The minimum Gasteiger partial charge on any atom is -0.338 e. The fraction of sp³-hybridized carbons (Fsp3) is 0.400. The molecule has 0 bridgehead atoms. The number of aromatic nitrogens is 4. The molecule has 1 fully saturated rings. The van der Waals surface area contributed by atoms with Crippen LogP contribution < -0.4 is 10.6 Å². The maximum atomic E-state index is 11.4. The number of H-pyrrole nitrogens is 2. The first kappa shape index (κ1) is 13.5. The first-order valence-corrected chi connectivity index (χ1v) is 8.31. The number of benzene rings is 1. The van der Waals surface area contributed by atoms with Gasteiger partial charge in [-0.3, -0.25) is 4.98 Å². The third kappa shape index (κ3) is 2.21. The van der Waals surface area contributed by atoms with Gasteiger partial charge < -0.3 is 4.90 Å². The van der Waals surface area contributed by atoms with Crippen molar-refractivity contribution in [2.24, 2.45) is 0 Å². The number of thiazole rings is 1. The number of aromatic amines is 2. The third-order valence-electron chi connectivity index (χ3n) is 4.19. The molecule has 0 aliphatic carbocycles. The Labute approximate surface area is 131 Å². The number of fused-ring (bicyclic) bond motifs is 1. The molecule has 4 rings (SSSR count). The number of anilines is 1. The van der Waals surface area contributed by atoms with Crippen LogP contribution in [-0.4, -0.2) is 26.7 Å². The van der Waals surface area contributed by atoms with Crippen molar-refractivity contribution >= 4 is 26.7 Å². The molecule has 2 aromatic heterocycles. The van der Waals surface area contributed by atoms with Gasteiger partial charge in [0.2, 0.25) is 0 Å². The second-order valence-corrected chi connectivity index (χ2v) is 6.70. The fourth-order valence-corrected chi connectivity index (χ4v) is 4.20. The normalized spacial score (nSPS) is 19.0. The highest BCUT2D eigenvalue weighted by Gasteiger charge is 2.29. The molecule has 1 saturated heterocycles. The van der Waals surface area contributed by atoms with E-state index in [1.54, 1.807) is 11.3 Å². The van der Waals surface area contributed by atoms with Crippen LogP contribution in [0.5, 0.6) is 0 Å². The average Bonchev–Trinajstić information content (AvgIpc) is 3.14. The molecule has 7 heteroatoms. The Bertz CT molecular complexity index is 864. The molecule has 114 valence electrons. The van der Waals surface area contributed by atoms with Gasteiger partial charge in [0.25, 0.3) is 0 Å². The first-order chi connectivity index (χ1) is 10.7. The summed E-state index contributed by atoms with van der Waals surface area (Å²) < 4.78 is 1.20. The van der Waals surface area contributed by atoms with Crippen LogP contribution in [0.2, 0.25) is 0 Å². The van der Waals surface area contributed by atoms with E-state index in [-0.39, 0.29) is 11.7 Å². The standard InChI is InChI=1S/C15H17N5OS/c1-9-5-4-7-11-12(9)16-15(22-11)20-8-3-2-6-10(20)13-17-14(21)19-18-13/h4-5,7,10H,2-3,6,8H2,1H3,(H2,17,18,19,21). The molecule has 0 saturated carbocycles. The highest BCUT2D eigenvalue weighted by Crippen LogP contribution is 2.38. The van der Waals surface area contributed by atoms with Crippen LogP contribution in [0.1, 0.15) is 36.7 Å². The molecule has 0 spiro atoms. The maximum absolute atomic E-state index is 11.4. The predicted molar refractivity (Wildman–Crippen MR) is 87.5 cm³/mol. The minimum absolute atomic E-state index is 0.0913. The minimum atomic E-state index is -0.249. The van der Waals surface area contributed by atoms with Crippen LogP contribution in [0.25, 0.3) is 10.2 Å². The Hall–Kier alpha value is -2.15. The smallest absolute Gasteiger partial charge is 0.338 e. The number of para-hydroxylation sites is 1. The van der Waals surface area contributed by atoms with Gasteiger partial charge in [-0.05, 0) is 37.8 Å². The van der Waals surface area contributed by atoms with Crippen LogP contribution in [0.3, 0.4) is 0 Å². The summed E-state index contributed by atoms with van der Waals surface area (Å²) in [5, 5.41) is 7.61. The zero-order chi connectivity index (χ0) is 15.1. The number of hydrogen-bond donors (Lipinski definition) is 2. The summed E-state index contributed by atoms with van der Waals surface area (Å²) in [4.78, 5) is 21.3. The lowest BCUT2D eigenvalue weighted by molar-refractivity contribution is 0.457. The van der Waals surface area contributed by atoms with E-state index in [9.17, 15) is 4.79 Å². The Morgan fingerprint density at radius 2 is 2.27 bits per heavy atom. The monoisotopic (exact) mass is 315 g/mol. The van der Waals surface area contributed by atoms with Crippen LogP contribution in [0.4, 0.5) is 5.13 Å². The predicted octanol–water partition coefficient (Wildman–Crippen LogP) is 2.75. The van der Waals surface area contributed by atoms with Crippen LogP contribution >= 0.6 is 11.3 Å². The number of piperidine rings is 1.